The quantitative estimate of drug-likeness (QED) is 0.834. The van der Waals surface area contributed by atoms with Crippen LogP contribution in [-0.2, 0) is 0 Å². The van der Waals surface area contributed by atoms with Gasteiger partial charge < -0.3 is 10.8 Å². The van der Waals surface area contributed by atoms with Crippen molar-refractivity contribution in [3.8, 4) is 0 Å². The molecular formula is C7H10BrClN2O. The molecule has 0 aliphatic heterocycles. The minimum Gasteiger partial charge on any atom is -0.394 e. The average Bonchev–Trinajstić information content (AvgIpc) is 2.05. The predicted octanol–water partition coefficient (Wildman–Crippen LogP) is 1.26. The Kier molecular flexibility index (Phi) is 5.41. The second kappa shape index (κ2) is 5.48. The van der Waals surface area contributed by atoms with E-state index in [0.717, 1.165) is 4.47 Å². The average molecular weight is 254 g/mol. The SMILES string of the molecule is Cl.N[C@H](CO)c1ccc(Br)cn1. The summed E-state index contributed by atoms with van der Waals surface area (Å²) in [6.45, 7) is -0.0748. The van der Waals surface area contributed by atoms with E-state index in [9.17, 15) is 0 Å². The summed E-state index contributed by atoms with van der Waals surface area (Å²) in [7, 11) is 0. The fourth-order valence-corrected chi connectivity index (χ4v) is 0.935. The molecule has 3 N–H and O–H groups in total. The Morgan fingerprint density at radius 1 is 1.58 bits per heavy atom. The number of aliphatic hydroxyl groups is 1. The van der Waals surface area contributed by atoms with E-state index in [4.69, 9.17) is 10.8 Å². The number of hydrogen-bond donors (Lipinski definition) is 2. The molecule has 1 atom stereocenters. The van der Waals surface area contributed by atoms with Gasteiger partial charge >= 0.3 is 0 Å². The third-order valence-corrected chi connectivity index (χ3v) is 1.80. The normalized spacial score (nSPS) is 11.9. The molecule has 0 spiro atoms. The van der Waals surface area contributed by atoms with Crippen molar-refractivity contribution in [1.82, 2.24) is 4.98 Å². The van der Waals surface area contributed by atoms with E-state index in [2.05, 4.69) is 20.9 Å². The van der Waals surface area contributed by atoms with Gasteiger partial charge in [-0.3, -0.25) is 4.98 Å². The number of aromatic nitrogens is 1. The largest absolute Gasteiger partial charge is 0.394 e. The van der Waals surface area contributed by atoms with Crippen molar-refractivity contribution in [2.45, 2.75) is 6.04 Å². The Balaban J connectivity index is 0.00000121. The number of hydrogen-bond acceptors (Lipinski definition) is 3. The number of rotatable bonds is 2. The van der Waals surface area contributed by atoms with Gasteiger partial charge in [0, 0.05) is 10.7 Å². The predicted molar refractivity (Wildman–Crippen MR) is 53.2 cm³/mol. The first-order valence-electron chi connectivity index (χ1n) is 3.22. The molecule has 0 saturated heterocycles. The van der Waals surface area contributed by atoms with Crippen LogP contribution in [0.5, 0.6) is 0 Å². The van der Waals surface area contributed by atoms with Crippen molar-refractivity contribution < 1.29 is 5.11 Å². The third kappa shape index (κ3) is 3.06. The Labute approximate surface area is 85.5 Å². The fourth-order valence-electron chi connectivity index (χ4n) is 0.700. The van der Waals surface area contributed by atoms with E-state index >= 15 is 0 Å². The van der Waals surface area contributed by atoms with Gasteiger partial charge in [0.25, 0.3) is 0 Å². The Morgan fingerprint density at radius 3 is 2.67 bits per heavy atom. The number of aliphatic hydroxyl groups excluding tert-OH is 1. The number of pyridine rings is 1. The zero-order chi connectivity index (χ0) is 8.27. The Hall–Kier alpha value is -0.160. The van der Waals surface area contributed by atoms with Crippen molar-refractivity contribution in [2.24, 2.45) is 5.73 Å². The number of nitrogens with two attached hydrogens (primary N) is 1. The Bertz CT molecular complexity index is 229. The molecule has 1 heterocycles. The topological polar surface area (TPSA) is 59.1 Å². The summed E-state index contributed by atoms with van der Waals surface area (Å²) >= 11 is 3.25. The molecule has 0 aliphatic rings. The maximum atomic E-state index is 8.68. The lowest BCUT2D eigenvalue weighted by Gasteiger charge is -2.05. The van der Waals surface area contributed by atoms with E-state index in [1.165, 1.54) is 0 Å². The highest BCUT2D eigenvalue weighted by Gasteiger charge is 2.03. The maximum Gasteiger partial charge on any atom is 0.0704 e. The standard InChI is InChI=1S/C7H9BrN2O.ClH/c8-5-1-2-7(10-3-5)6(9)4-11;/h1-3,6,11H,4,9H2;1H/t6-;/m1./s1. The van der Waals surface area contributed by atoms with Crippen LogP contribution >= 0.6 is 28.3 Å². The van der Waals surface area contributed by atoms with Crippen LogP contribution in [0.2, 0.25) is 0 Å². The maximum absolute atomic E-state index is 8.68. The van der Waals surface area contributed by atoms with Crippen LogP contribution in [-0.4, -0.2) is 16.7 Å². The smallest absolute Gasteiger partial charge is 0.0704 e. The van der Waals surface area contributed by atoms with Gasteiger partial charge in [0.05, 0.1) is 18.3 Å². The molecule has 0 bridgehead atoms. The van der Waals surface area contributed by atoms with Crippen molar-refractivity contribution in [1.29, 1.82) is 0 Å². The molecule has 0 saturated carbocycles. The Morgan fingerprint density at radius 2 is 2.25 bits per heavy atom. The van der Waals surface area contributed by atoms with Crippen molar-refractivity contribution in [3.05, 3.63) is 28.5 Å². The van der Waals surface area contributed by atoms with E-state index in [1.807, 2.05) is 6.07 Å². The van der Waals surface area contributed by atoms with Crippen LogP contribution in [0.3, 0.4) is 0 Å². The third-order valence-electron chi connectivity index (χ3n) is 1.33. The van der Waals surface area contributed by atoms with Gasteiger partial charge in [-0.2, -0.15) is 0 Å². The summed E-state index contributed by atoms with van der Waals surface area (Å²) in [5.74, 6) is 0. The van der Waals surface area contributed by atoms with Crippen molar-refractivity contribution in [2.75, 3.05) is 6.61 Å². The first-order chi connectivity index (χ1) is 5.24. The van der Waals surface area contributed by atoms with Crippen LogP contribution < -0.4 is 5.73 Å². The molecule has 0 fully saturated rings. The highest BCUT2D eigenvalue weighted by Crippen LogP contribution is 2.11. The lowest BCUT2D eigenvalue weighted by Crippen LogP contribution is -2.15. The molecule has 0 aromatic carbocycles. The molecule has 3 nitrogen and oxygen atoms in total. The van der Waals surface area contributed by atoms with Crippen LogP contribution in [0, 0.1) is 0 Å². The van der Waals surface area contributed by atoms with Gasteiger partial charge in [-0.05, 0) is 28.1 Å². The minimum absolute atomic E-state index is 0. The fraction of sp³-hybridized carbons (Fsp3) is 0.286. The van der Waals surface area contributed by atoms with E-state index in [0.29, 0.717) is 5.69 Å². The monoisotopic (exact) mass is 252 g/mol. The van der Waals surface area contributed by atoms with Gasteiger partial charge in [0.1, 0.15) is 0 Å². The molecule has 1 aromatic heterocycles. The molecule has 0 amide bonds. The highest BCUT2D eigenvalue weighted by molar-refractivity contribution is 9.10. The summed E-state index contributed by atoms with van der Waals surface area (Å²) in [5, 5.41) is 8.68. The molecule has 0 aliphatic carbocycles. The molecule has 5 heteroatoms. The van der Waals surface area contributed by atoms with Gasteiger partial charge in [-0.25, -0.2) is 0 Å². The van der Waals surface area contributed by atoms with Crippen molar-refractivity contribution in [3.63, 3.8) is 0 Å². The zero-order valence-corrected chi connectivity index (χ0v) is 8.68. The summed E-state index contributed by atoms with van der Waals surface area (Å²) < 4.78 is 0.909. The molecule has 1 aromatic rings. The molecule has 1 rings (SSSR count). The van der Waals surface area contributed by atoms with Crippen molar-refractivity contribution >= 4 is 28.3 Å². The van der Waals surface area contributed by atoms with Gasteiger partial charge in [-0.15, -0.1) is 12.4 Å². The summed E-state index contributed by atoms with van der Waals surface area (Å²) in [6.07, 6.45) is 1.66. The number of nitrogens with zero attached hydrogens (tertiary/aromatic N) is 1. The summed E-state index contributed by atoms with van der Waals surface area (Å²) in [6, 6.07) is 3.26. The zero-order valence-electron chi connectivity index (χ0n) is 6.27. The van der Waals surface area contributed by atoms with Crippen LogP contribution in [0.15, 0.2) is 22.8 Å². The lowest BCUT2D eigenvalue weighted by molar-refractivity contribution is 0.266. The van der Waals surface area contributed by atoms with Gasteiger partial charge in [-0.1, -0.05) is 0 Å². The first-order valence-corrected chi connectivity index (χ1v) is 4.01. The summed E-state index contributed by atoms with van der Waals surface area (Å²) in [5.41, 5.74) is 6.22. The van der Waals surface area contributed by atoms with Gasteiger partial charge in [0.2, 0.25) is 0 Å². The van der Waals surface area contributed by atoms with E-state index in [-0.39, 0.29) is 25.1 Å². The molecule has 0 radical (unpaired) electrons. The van der Waals surface area contributed by atoms with Crippen LogP contribution in [0.25, 0.3) is 0 Å². The molecular weight excluding hydrogens is 243 g/mol. The second-order valence-electron chi connectivity index (χ2n) is 2.19. The minimum atomic E-state index is -0.372. The lowest BCUT2D eigenvalue weighted by atomic mass is 10.2. The highest BCUT2D eigenvalue weighted by atomic mass is 79.9. The van der Waals surface area contributed by atoms with Gasteiger partial charge in [0.15, 0.2) is 0 Å². The van der Waals surface area contributed by atoms with E-state index < -0.39 is 0 Å². The number of halogens is 2. The van der Waals surface area contributed by atoms with Crippen LogP contribution in [0.4, 0.5) is 0 Å². The van der Waals surface area contributed by atoms with E-state index in [1.54, 1.807) is 12.3 Å². The second-order valence-corrected chi connectivity index (χ2v) is 3.11. The first kappa shape index (κ1) is 11.8. The molecule has 12 heavy (non-hydrogen) atoms. The van der Waals surface area contributed by atoms with Crippen LogP contribution in [0.1, 0.15) is 11.7 Å². The molecule has 68 valence electrons. The summed E-state index contributed by atoms with van der Waals surface area (Å²) in [4.78, 5) is 4.02. The molecule has 0 unspecified atom stereocenters.